The molecule has 14 heteroatoms. The Morgan fingerprint density at radius 2 is 0.957 bits per heavy atom. The molecule has 266 valence electrons. The molecular weight excluding hydrogens is 598 g/mol. The number of carboxylic acid groups (broad SMARTS) is 1. The van der Waals surface area contributed by atoms with Crippen LogP contribution < -0.4 is 26.6 Å². The Labute approximate surface area is 273 Å². The number of aliphatic hydroxyl groups excluding tert-OH is 2. The molecule has 46 heavy (non-hydrogen) atoms. The number of carbonyl (C=O) groups excluding carboxylic acids is 5. The van der Waals surface area contributed by atoms with Gasteiger partial charge in [0.25, 0.3) is 0 Å². The summed E-state index contributed by atoms with van der Waals surface area (Å²) in [5.41, 5.74) is 0. The largest absolute Gasteiger partial charge is 0.481 e. The predicted molar refractivity (Wildman–Crippen MR) is 173 cm³/mol. The van der Waals surface area contributed by atoms with Crippen molar-refractivity contribution in [2.75, 3.05) is 0 Å². The summed E-state index contributed by atoms with van der Waals surface area (Å²) in [6.07, 6.45) is -2.81. The predicted octanol–water partition coefficient (Wildman–Crippen LogP) is 0.831. The van der Waals surface area contributed by atoms with E-state index in [4.69, 9.17) is 5.11 Å². The SMILES string of the molecule is CCC(=O)N[C@H](C(=O)N[C@H](C(=O)N[C@@H](CC(C)C)[C@@H](O)CC(=O)N[C@@H](C)C(=O)N[C@@H](CC(C)C)[C@@H](O)CC(=O)O)C(C)C)C(C)C. The van der Waals surface area contributed by atoms with Gasteiger partial charge in [0.15, 0.2) is 0 Å². The lowest BCUT2D eigenvalue weighted by atomic mass is 9.95. The minimum absolute atomic E-state index is 0.0181. The number of nitrogens with one attached hydrogen (secondary N) is 5. The van der Waals surface area contributed by atoms with E-state index in [0.29, 0.717) is 12.8 Å². The molecule has 0 bridgehead atoms. The first-order valence-electron chi connectivity index (χ1n) is 16.3. The summed E-state index contributed by atoms with van der Waals surface area (Å²) < 4.78 is 0. The van der Waals surface area contributed by atoms with Crippen molar-refractivity contribution in [3.8, 4) is 0 Å². The van der Waals surface area contributed by atoms with Crippen LogP contribution in [0.4, 0.5) is 0 Å². The second-order valence-corrected chi connectivity index (χ2v) is 13.6. The van der Waals surface area contributed by atoms with Gasteiger partial charge < -0.3 is 41.9 Å². The highest BCUT2D eigenvalue weighted by Gasteiger charge is 2.33. The molecule has 0 spiro atoms. The zero-order valence-corrected chi connectivity index (χ0v) is 29.2. The van der Waals surface area contributed by atoms with E-state index in [1.54, 1.807) is 34.6 Å². The van der Waals surface area contributed by atoms with Gasteiger partial charge in [-0.05, 0) is 43.4 Å². The molecule has 0 aliphatic rings. The smallest absolute Gasteiger partial charge is 0.306 e. The van der Waals surface area contributed by atoms with Crippen molar-refractivity contribution in [3.05, 3.63) is 0 Å². The van der Waals surface area contributed by atoms with Crippen molar-refractivity contribution < 1.29 is 44.1 Å². The van der Waals surface area contributed by atoms with Gasteiger partial charge in [0.1, 0.15) is 18.1 Å². The van der Waals surface area contributed by atoms with Gasteiger partial charge in [0.2, 0.25) is 29.5 Å². The van der Waals surface area contributed by atoms with Crippen molar-refractivity contribution in [1.29, 1.82) is 0 Å². The van der Waals surface area contributed by atoms with Crippen molar-refractivity contribution in [2.45, 2.75) is 144 Å². The van der Waals surface area contributed by atoms with E-state index in [0.717, 1.165) is 0 Å². The Balaban J connectivity index is 5.57. The number of aliphatic hydroxyl groups is 2. The molecule has 0 saturated heterocycles. The molecule has 0 aliphatic carbocycles. The number of rotatable bonds is 21. The van der Waals surface area contributed by atoms with Crippen molar-refractivity contribution in [3.63, 3.8) is 0 Å². The molecule has 5 amide bonds. The van der Waals surface area contributed by atoms with Gasteiger partial charge in [0.05, 0.1) is 37.1 Å². The van der Waals surface area contributed by atoms with E-state index in [-0.39, 0.29) is 36.0 Å². The third-order valence-corrected chi connectivity index (χ3v) is 7.42. The molecule has 0 fully saturated rings. The first-order valence-corrected chi connectivity index (χ1v) is 16.3. The minimum Gasteiger partial charge on any atom is -0.481 e. The molecule has 0 unspecified atom stereocenters. The molecule has 7 atom stereocenters. The van der Waals surface area contributed by atoms with Gasteiger partial charge in [-0.25, -0.2) is 0 Å². The van der Waals surface area contributed by atoms with E-state index in [1.807, 2.05) is 27.7 Å². The molecular formula is C32H59N5O9. The fraction of sp³-hybridized carbons (Fsp3) is 0.812. The van der Waals surface area contributed by atoms with Crippen LogP contribution in [0, 0.1) is 23.7 Å². The lowest BCUT2D eigenvalue weighted by molar-refractivity contribution is -0.140. The maximum absolute atomic E-state index is 13.4. The van der Waals surface area contributed by atoms with Crippen molar-refractivity contribution >= 4 is 35.5 Å². The van der Waals surface area contributed by atoms with Gasteiger partial charge in [-0.1, -0.05) is 62.3 Å². The molecule has 0 rings (SSSR count). The van der Waals surface area contributed by atoms with E-state index in [9.17, 15) is 39.0 Å². The van der Waals surface area contributed by atoms with Gasteiger partial charge in [-0.2, -0.15) is 0 Å². The molecule has 0 aliphatic heterocycles. The number of amides is 5. The van der Waals surface area contributed by atoms with Crippen molar-refractivity contribution in [1.82, 2.24) is 26.6 Å². The minimum atomic E-state index is -1.33. The number of aliphatic carboxylic acids is 1. The molecule has 8 N–H and O–H groups in total. The number of carbonyl (C=O) groups is 6. The van der Waals surface area contributed by atoms with Crippen LogP contribution in [0.25, 0.3) is 0 Å². The average Bonchev–Trinajstić information content (AvgIpc) is 2.91. The van der Waals surface area contributed by atoms with E-state index in [2.05, 4.69) is 26.6 Å². The number of hydrogen-bond donors (Lipinski definition) is 8. The maximum Gasteiger partial charge on any atom is 0.306 e. The molecule has 14 nitrogen and oxygen atoms in total. The van der Waals surface area contributed by atoms with Crippen LogP contribution in [0.5, 0.6) is 0 Å². The molecule has 0 aromatic heterocycles. The van der Waals surface area contributed by atoms with Crippen LogP contribution >= 0.6 is 0 Å². The standard InChI is InChI=1S/C32H59N5O9/c1-11-25(40)36-28(18(6)7)32(46)37-29(19(8)9)31(45)35-21(12-16(2)3)23(38)14-26(41)33-20(10)30(44)34-22(13-17(4)5)24(39)15-27(42)43/h16-24,28-29,38-39H,11-15H2,1-10H3,(H,33,41)(H,34,44)(H,35,45)(H,36,40)(H,37,46)(H,42,43)/t20-,21-,22-,23-,24-,28-,29-/m0/s1. The first-order chi connectivity index (χ1) is 21.2. The molecule has 0 heterocycles. The summed E-state index contributed by atoms with van der Waals surface area (Å²) >= 11 is 0. The Bertz CT molecular complexity index is 1020. The van der Waals surface area contributed by atoms with Crippen LogP contribution in [-0.2, 0) is 28.8 Å². The number of hydrogen-bond acceptors (Lipinski definition) is 8. The lowest BCUT2D eigenvalue weighted by Gasteiger charge is -2.31. The zero-order chi connectivity index (χ0) is 35.9. The summed E-state index contributed by atoms with van der Waals surface area (Å²) in [4.78, 5) is 75.2. The third-order valence-electron chi connectivity index (χ3n) is 7.42. The molecule has 0 saturated carbocycles. The topological polar surface area (TPSA) is 223 Å². The third kappa shape index (κ3) is 16.3. The second-order valence-electron chi connectivity index (χ2n) is 13.6. The molecule has 0 aromatic rings. The summed E-state index contributed by atoms with van der Waals surface area (Å²) in [5.74, 6) is -4.38. The summed E-state index contributed by atoms with van der Waals surface area (Å²) in [7, 11) is 0. The van der Waals surface area contributed by atoms with Crippen LogP contribution in [0.1, 0.15) is 101 Å². The zero-order valence-electron chi connectivity index (χ0n) is 29.2. The van der Waals surface area contributed by atoms with Crippen LogP contribution in [0.2, 0.25) is 0 Å². The Kier molecular flexibility index (Phi) is 19.3. The van der Waals surface area contributed by atoms with Gasteiger partial charge in [-0.3, -0.25) is 28.8 Å². The monoisotopic (exact) mass is 657 g/mol. The highest BCUT2D eigenvalue weighted by Crippen LogP contribution is 2.15. The fourth-order valence-electron chi connectivity index (χ4n) is 4.83. The summed E-state index contributed by atoms with van der Waals surface area (Å²) in [6.45, 7) is 17.6. The fourth-order valence-corrected chi connectivity index (χ4v) is 4.83. The lowest BCUT2D eigenvalue weighted by Crippen LogP contribution is -2.59. The van der Waals surface area contributed by atoms with Gasteiger partial charge in [-0.15, -0.1) is 0 Å². The first kappa shape index (κ1) is 42.7. The van der Waals surface area contributed by atoms with Crippen molar-refractivity contribution in [2.24, 2.45) is 23.7 Å². The normalized spacial score (nSPS) is 16.2. The second kappa shape index (κ2) is 20.8. The molecule has 0 aromatic carbocycles. The highest BCUT2D eigenvalue weighted by molar-refractivity contribution is 5.92. The van der Waals surface area contributed by atoms with Gasteiger partial charge in [0, 0.05) is 6.42 Å². The molecule has 0 radical (unpaired) electrons. The van der Waals surface area contributed by atoms with E-state index >= 15 is 0 Å². The maximum atomic E-state index is 13.4. The van der Waals surface area contributed by atoms with E-state index < -0.39 is 84.9 Å². The number of carboxylic acids is 1. The van der Waals surface area contributed by atoms with Gasteiger partial charge >= 0.3 is 5.97 Å². The summed E-state index contributed by atoms with van der Waals surface area (Å²) in [5, 5.41) is 43.6. The summed E-state index contributed by atoms with van der Waals surface area (Å²) in [6, 6.07) is -4.59. The van der Waals surface area contributed by atoms with E-state index in [1.165, 1.54) is 6.92 Å². The van der Waals surface area contributed by atoms with Crippen LogP contribution in [0.3, 0.4) is 0 Å². The Morgan fingerprint density at radius 1 is 0.543 bits per heavy atom. The highest BCUT2D eigenvalue weighted by atomic mass is 16.4. The van der Waals surface area contributed by atoms with Crippen LogP contribution in [-0.4, -0.2) is 93.2 Å². The Morgan fingerprint density at radius 3 is 1.37 bits per heavy atom. The quantitative estimate of drug-likeness (QED) is 0.0874. The van der Waals surface area contributed by atoms with Crippen LogP contribution in [0.15, 0.2) is 0 Å². The Hall–Kier alpha value is -3.26. The average molecular weight is 658 g/mol.